The van der Waals surface area contributed by atoms with E-state index >= 15 is 0 Å². The Morgan fingerprint density at radius 1 is 1.12 bits per heavy atom. The average Bonchev–Trinajstić information content (AvgIpc) is 2.51. The molecule has 0 aliphatic heterocycles. The van der Waals surface area contributed by atoms with Gasteiger partial charge >= 0.3 is 0 Å². The first-order valence-electron chi connectivity index (χ1n) is 9.16. The van der Waals surface area contributed by atoms with Crippen LogP contribution in [0.25, 0.3) is 0 Å². The van der Waals surface area contributed by atoms with Crippen molar-refractivity contribution in [2.24, 2.45) is 10.9 Å². The van der Waals surface area contributed by atoms with Crippen LogP contribution in [0.5, 0.6) is 0 Å². The van der Waals surface area contributed by atoms with Crippen molar-refractivity contribution in [3.63, 3.8) is 0 Å². The van der Waals surface area contributed by atoms with Gasteiger partial charge in [-0.3, -0.25) is 4.79 Å². The molecular weight excluding hydrogens is 415 g/mol. The zero-order valence-electron chi connectivity index (χ0n) is 16.1. The van der Waals surface area contributed by atoms with Crippen molar-refractivity contribution in [3.8, 4) is 0 Å². The summed E-state index contributed by atoms with van der Waals surface area (Å²) in [5.41, 5.74) is 0. The molecule has 0 heterocycles. The molecule has 1 atom stereocenters. The fraction of sp³-hybridized carbons (Fsp3) is 0.889. The lowest BCUT2D eigenvalue weighted by atomic mass is 9.96. The molecule has 1 saturated carbocycles. The third kappa shape index (κ3) is 10.4. The number of nitrogens with zero attached hydrogens (tertiary/aromatic N) is 2. The van der Waals surface area contributed by atoms with Gasteiger partial charge in [-0.05, 0) is 38.5 Å². The predicted octanol–water partition coefficient (Wildman–Crippen LogP) is 3.39. The van der Waals surface area contributed by atoms with Crippen molar-refractivity contribution in [1.82, 2.24) is 15.5 Å². The lowest BCUT2D eigenvalue weighted by Crippen LogP contribution is -2.47. The van der Waals surface area contributed by atoms with Crippen LogP contribution in [0.2, 0.25) is 0 Å². The van der Waals surface area contributed by atoms with Gasteiger partial charge in [0.05, 0.1) is 0 Å². The maximum atomic E-state index is 11.8. The van der Waals surface area contributed by atoms with Crippen LogP contribution in [0, 0.1) is 5.92 Å². The molecule has 24 heavy (non-hydrogen) atoms. The fourth-order valence-corrected chi connectivity index (χ4v) is 2.75. The van der Waals surface area contributed by atoms with E-state index in [4.69, 9.17) is 0 Å². The zero-order chi connectivity index (χ0) is 17.2. The molecule has 0 aromatic heterocycles. The summed E-state index contributed by atoms with van der Waals surface area (Å²) >= 11 is 0. The standard InChI is InChI=1S/C18H36N4O.HI/c1-14(2)11-12-15(3)20-18(19-13-17(23)22(4)5)21-16-9-7-6-8-10-16;/h14-16H,6-13H2,1-5H3,(H2,19,20,21);1H. The number of halogens is 1. The fourth-order valence-electron chi connectivity index (χ4n) is 2.75. The average molecular weight is 452 g/mol. The van der Waals surface area contributed by atoms with Crippen molar-refractivity contribution in [1.29, 1.82) is 0 Å². The summed E-state index contributed by atoms with van der Waals surface area (Å²) in [5.74, 6) is 1.54. The van der Waals surface area contributed by atoms with Gasteiger partial charge in [0.25, 0.3) is 0 Å². The number of aliphatic imine (C=N–C) groups is 1. The number of guanidine groups is 1. The summed E-state index contributed by atoms with van der Waals surface area (Å²) < 4.78 is 0. The van der Waals surface area contributed by atoms with E-state index in [0.29, 0.717) is 18.0 Å². The van der Waals surface area contributed by atoms with Gasteiger partial charge in [-0.15, -0.1) is 24.0 Å². The second-order valence-electron chi connectivity index (χ2n) is 7.45. The van der Waals surface area contributed by atoms with E-state index in [1.54, 1.807) is 19.0 Å². The van der Waals surface area contributed by atoms with Crippen LogP contribution < -0.4 is 10.6 Å². The SMILES string of the molecule is CC(C)CCC(C)NC(=NCC(=O)N(C)C)NC1CCCCC1.I. The van der Waals surface area contributed by atoms with Crippen LogP contribution in [0.15, 0.2) is 4.99 Å². The van der Waals surface area contributed by atoms with E-state index in [9.17, 15) is 4.79 Å². The number of hydrogen-bond donors (Lipinski definition) is 2. The summed E-state index contributed by atoms with van der Waals surface area (Å²) in [5, 5.41) is 7.02. The summed E-state index contributed by atoms with van der Waals surface area (Å²) in [6, 6.07) is 0.850. The molecule has 1 aliphatic rings. The van der Waals surface area contributed by atoms with Gasteiger partial charge in [0.15, 0.2) is 5.96 Å². The van der Waals surface area contributed by atoms with Gasteiger partial charge in [-0.1, -0.05) is 33.1 Å². The highest BCUT2D eigenvalue weighted by Gasteiger charge is 2.16. The molecule has 0 saturated heterocycles. The number of rotatable bonds is 7. The Morgan fingerprint density at radius 3 is 2.29 bits per heavy atom. The molecule has 1 amide bonds. The van der Waals surface area contributed by atoms with Gasteiger partial charge in [-0.2, -0.15) is 0 Å². The molecule has 142 valence electrons. The van der Waals surface area contributed by atoms with Crippen molar-refractivity contribution < 1.29 is 4.79 Å². The topological polar surface area (TPSA) is 56.7 Å². The molecule has 0 radical (unpaired) electrons. The van der Waals surface area contributed by atoms with E-state index in [2.05, 4.69) is 36.4 Å². The van der Waals surface area contributed by atoms with Gasteiger partial charge in [0.1, 0.15) is 6.54 Å². The van der Waals surface area contributed by atoms with Crippen molar-refractivity contribution >= 4 is 35.8 Å². The first-order valence-corrected chi connectivity index (χ1v) is 9.16. The Morgan fingerprint density at radius 2 is 1.75 bits per heavy atom. The molecule has 0 bridgehead atoms. The summed E-state index contributed by atoms with van der Waals surface area (Å²) in [6.45, 7) is 6.88. The molecule has 0 spiro atoms. The molecule has 2 N–H and O–H groups in total. The van der Waals surface area contributed by atoms with Crippen molar-refractivity contribution in [2.45, 2.75) is 77.8 Å². The number of amides is 1. The molecule has 1 unspecified atom stereocenters. The second-order valence-corrected chi connectivity index (χ2v) is 7.45. The quantitative estimate of drug-likeness (QED) is 0.354. The van der Waals surface area contributed by atoms with Crippen LogP contribution in [0.1, 0.15) is 65.7 Å². The molecular formula is C18H37IN4O. The van der Waals surface area contributed by atoms with Crippen LogP contribution in [-0.2, 0) is 4.79 Å². The number of nitrogens with one attached hydrogen (secondary N) is 2. The van der Waals surface area contributed by atoms with E-state index in [1.165, 1.54) is 38.5 Å². The maximum Gasteiger partial charge on any atom is 0.243 e. The van der Waals surface area contributed by atoms with Gasteiger partial charge in [0.2, 0.25) is 5.91 Å². The lowest BCUT2D eigenvalue weighted by Gasteiger charge is -2.27. The van der Waals surface area contributed by atoms with E-state index in [-0.39, 0.29) is 36.4 Å². The molecule has 5 nitrogen and oxygen atoms in total. The predicted molar refractivity (Wildman–Crippen MR) is 113 cm³/mol. The van der Waals surface area contributed by atoms with E-state index in [0.717, 1.165) is 12.4 Å². The highest BCUT2D eigenvalue weighted by molar-refractivity contribution is 14.0. The third-order valence-corrected chi connectivity index (χ3v) is 4.38. The molecule has 0 aromatic carbocycles. The largest absolute Gasteiger partial charge is 0.354 e. The molecule has 0 aromatic rings. The smallest absolute Gasteiger partial charge is 0.243 e. The van der Waals surface area contributed by atoms with Crippen molar-refractivity contribution in [2.75, 3.05) is 20.6 Å². The number of carbonyl (C=O) groups excluding carboxylic acids is 1. The Bertz CT molecular complexity index is 379. The first kappa shape index (κ1) is 23.5. The Hall–Kier alpha value is -0.530. The highest BCUT2D eigenvalue weighted by Crippen LogP contribution is 2.17. The minimum Gasteiger partial charge on any atom is -0.354 e. The molecule has 1 aliphatic carbocycles. The third-order valence-electron chi connectivity index (χ3n) is 4.38. The van der Waals surface area contributed by atoms with E-state index in [1.807, 2.05) is 0 Å². The Labute approximate surface area is 165 Å². The van der Waals surface area contributed by atoms with Crippen LogP contribution in [-0.4, -0.2) is 49.5 Å². The minimum absolute atomic E-state index is 0. The van der Waals surface area contributed by atoms with Crippen LogP contribution >= 0.6 is 24.0 Å². The number of carbonyl (C=O) groups is 1. The molecule has 1 rings (SSSR count). The van der Waals surface area contributed by atoms with Gasteiger partial charge in [0, 0.05) is 26.2 Å². The Balaban J connectivity index is 0.00000529. The monoisotopic (exact) mass is 452 g/mol. The van der Waals surface area contributed by atoms with E-state index < -0.39 is 0 Å². The lowest BCUT2D eigenvalue weighted by molar-refractivity contribution is -0.127. The maximum absolute atomic E-state index is 11.8. The molecule has 1 fully saturated rings. The Kier molecular flexibility index (Phi) is 12.5. The number of hydrogen-bond acceptors (Lipinski definition) is 2. The summed E-state index contributed by atoms with van der Waals surface area (Å²) in [6.07, 6.45) is 8.61. The van der Waals surface area contributed by atoms with Crippen molar-refractivity contribution in [3.05, 3.63) is 0 Å². The number of likely N-dealkylation sites (N-methyl/N-ethyl adjacent to an activating group) is 1. The normalized spacial score (nSPS) is 17.2. The van der Waals surface area contributed by atoms with Gasteiger partial charge in [-0.25, -0.2) is 4.99 Å². The second kappa shape index (κ2) is 12.8. The summed E-state index contributed by atoms with van der Waals surface area (Å²) in [7, 11) is 3.54. The van der Waals surface area contributed by atoms with Crippen LogP contribution in [0.3, 0.4) is 0 Å². The van der Waals surface area contributed by atoms with Gasteiger partial charge < -0.3 is 15.5 Å². The summed E-state index contributed by atoms with van der Waals surface area (Å²) in [4.78, 5) is 17.9. The zero-order valence-corrected chi connectivity index (χ0v) is 18.4. The first-order chi connectivity index (χ1) is 10.9. The minimum atomic E-state index is 0. The highest BCUT2D eigenvalue weighted by atomic mass is 127. The molecule has 6 heteroatoms. The van der Waals surface area contributed by atoms with Crippen LogP contribution in [0.4, 0.5) is 0 Å².